The Balaban J connectivity index is 2.52. The van der Waals surface area contributed by atoms with Crippen molar-refractivity contribution in [2.45, 2.75) is 25.6 Å². The van der Waals surface area contributed by atoms with Gasteiger partial charge in [-0.1, -0.05) is 0 Å². The second-order valence-corrected chi connectivity index (χ2v) is 4.59. The lowest BCUT2D eigenvalue weighted by atomic mass is 10.3. The molecule has 0 unspecified atom stereocenters. The largest absolute Gasteiger partial charge is 0.390 e. The Bertz CT molecular complexity index is 620. The molecule has 0 aliphatic heterocycles. The summed E-state index contributed by atoms with van der Waals surface area (Å²) in [6.45, 7) is -0.521. The van der Waals surface area contributed by atoms with Crippen molar-refractivity contribution in [3.8, 4) is 0 Å². The molecule has 0 saturated carbocycles. The molecule has 0 fully saturated rings. The standard InChI is InChI=1S/C12H10ClF5N2/c13-5-3-9-19-8-2-1-7(14)10(15)11(8)20(9)6-4-12(16,17)18/h1-2H,3-6H2. The maximum atomic E-state index is 13.8. The third-order valence-electron chi connectivity index (χ3n) is 2.82. The smallest absolute Gasteiger partial charge is 0.325 e. The number of benzene rings is 1. The monoisotopic (exact) mass is 312 g/mol. The van der Waals surface area contributed by atoms with Gasteiger partial charge in [0.15, 0.2) is 11.6 Å². The number of alkyl halides is 4. The molecule has 110 valence electrons. The van der Waals surface area contributed by atoms with Crippen LogP contribution in [-0.2, 0) is 13.0 Å². The van der Waals surface area contributed by atoms with Gasteiger partial charge in [0.1, 0.15) is 11.3 Å². The predicted molar refractivity (Wildman–Crippen MR) is 64.7 cm³/mol. The molecule has 2 nitrogen and oxygen atoms in total. The molecule has 0 atom stereocenters. The van der Waals surface area contributed by atoms with Gasteiger partial charge >= 0.3 is 6.18 Å². The number of halogens is 6. The lowest BCUT2D eigenvalue weighted by Crippen LogP contribution is -2.14. The zero-order valence-corrected chi connectivity index (χ0v) is 10.9. The number of nitrogens with zero attached hydrogens (tertiary/aromatic N) is 2. The van der Waals surface area contributed by atoms with Gasteiger partial charge in [-0.15, -0.1) is 11.6 Å². The fourth-order valence-corrected chi connectivity index (χ4v) is 2.13. The molecule has 0 aliphatic carbocycles. The van der Waals surface area contributed by atoms with Crippen LogP contribution in [-0.4, -0.2) is 21.6 Å². The number of aryl methyl sites for hydroxylation is 2. The zero-order chi connectivity index (χ0) is 14.9. The van der Waals surface area contributed by atoms with Gasteiger partial charge in [0, 0.05) is 18.8 Å². The quantitative estimate of drug-likeness (QED) is 0.615. The van der Waals surface area contributed by atoms with Gasteiger partial charge < -0.3 is 4.57 Å². The lowest BCUT2D eigenvalue weighted by molar-refractivity contribution is -0.136. The van der Waals surface area contributed by atoms with Crippen molar-refractivity contribution in [2.24, 2.45) is 0 Å². The Hall–Kier alpha value is -1.37. The van der Waals surface area contributed by atoms with E-state index in [1.807, 2.05) is 0 Å². The normalized spacial score (nSPS) is 12.3. The van der Waals surface area contributed by atoms with Crippen LogP contribution in [0.4, 0.5) is 22.0 Å². The molecule has 0 aliphatic rings. The summed E-state index contributed by atoms with van der Waals surface area (Å²) in [6, 6.07) is 2.12. The molecule has 0 amide bonds. The van der Waals surface area contributed by atoms with Crippen LogP contribution in [0, 0.1) is 11.6 Å². The highest BCUT2D eigenvalue weighted by molar-refractivity contribution is 6.17. The van der Waals surface area contributed by atoms with Crippen LogP contribution in [0.25, 0.3) is 11.0 Å². The van der Waals surface area contributed by atoms with Crippen LogP contribution in [0.5, 0.6) is 0 Å². The maximum Gasteiger partial charge on any atom is 0.390 e. The van der Waals surface area contributed by atoms with E-state index in [1.165, 1.54) is 6.07 Å². The Labute approximate surface area is 116 Å². The first-order chi connectivity index (χ1) is 9.33. The van der Waals surface area contributed by atoms with E-state index >= 15 is 0 Å². The summed E-state index contributed by atoms with van der Waals surface area (Å²) < 4.78 is 65.0. The molecule has 1 aromatic heterocycles. The minimum atomic E-state index is -4.39. The van der Waals surface area contributed by atoms with Crippen LogP contribution in [0.15, 0.2) is 12.1 Å². The molecule has 0 saturated heterocycles. The molecule has 2 aromatic rings. The Kier molecular flexibility index (Phi) is 4.17. The van der Waals surface area contributed by atoms with Gasteiger partial charge in [0.05, 0.1) is 11.9 Å². The molecule has 1 aromatic carbocycles. The summed E-state index contributed by atoms with van der Waals surface area (Å²) in [7, 11) is 0. The topological polar surface area (TPSA) is 17.8 Å². The van der Waals surface area contributed by atoms with E-state index in [-0.39, 0.29) is 29.2 Å². The van der Waals surface area contributed by atoms with Crippen molar-refractivity contribution < 1.29 is 22.0 Å². The molecule has 0 bridgehead atoms. The third kappa shape index (κ3) is 3.03. The van der Waals surface area contributed by atoms with Gasteiger partial charge in [-0.3, -0.25) is 0 Å². The highest BCUT2D eigenvalue weighted by Crippen LogP contribution is 2.26. The number of imidazole rings is 1. The summed E-state index contributed by atoms with van der Waals surface area (Å²) in [5, 5.41) is 0. The third-order valence-corrected chi connectivity index (χ3v) is 3.00. The van der Waals surface area contributed by atoms with Gasteiger partial charge in [0.2, 0.25) is 0 Å². The minimum Gasteiger partial charge on any atom is -0.325 e. The molecule has 0 spiro atoms. The SMILES string of the molecule is Fc1ccc2nc(CCCl)n(CCC(F)(F)F)c2c1F. The fraction of sp³-hybridized carbons (Fsp3) is 0.417. The van der Waals surface area contributed by atoms with E-state index in [4.69, 9.17) is 11.6 Å². The van der Waals surface area contributed by atoms with E-state index in [2.05, 4.69) is 4.98 Å². The van der Waals surface area contributed by atoms with E-state index in [0.29, 0.717) is 0 Å². The second kappa shape index (κ2) is 5.55. The van der Waals surface area contributed by atoms with E-state index in [9.17, 15) is 22.0 Å². The lowest BCUT2D eigenvalue weighted by Gasteiger charge is -2.11. The average Bonchev–Trinajstić information content (AvgIpc) is 2.70. The van der Waals surface area contributed by atoms with Crippen molar-refractivity contribution in [3.63, 3.8) is 0 Å². The second-order valence-electron chi connectivity index (χ2n) is 4.21. The molecular formula is C12H10ClF5N2. The minimum absolute atomic E-state index is 0.117. The summed E-state index contributed by atoms with van der Waals surface area (Å²) in [5.74, 6) is -1.98. The van der Waals surface area contributed by atoms with Crippen LogP contribution in [0.3, 0.4) is 0 Å². The van der Waals surface area contributed by atoms with Crippen molar-refractivity contribution >= 4 is 22.6 Å². The number of fused-ring (bicyclic) bond motifs is 1. The predicted octanol–water partition coefficient (Wildman–Crippen LogP) is 4.05. The summed E-state index contributed by atoms with van der Waals surface area (Å²) in [6.07, 6.45) is -5.36. The van der Waals surface area contributed by atoms with E-state index < -0.39 is 30.8 Å². The van der Waals surface area contributed by atoms with Crippen molar-refractivity contribution in [1.29, 1.82) is 0 Å². The van der Waals surface area contributed by atoms with Crippen LogP contribution < -0.4 is 0 Å². The van der Waals surface area contributed by atoms with Gasteiger partial charge in [-0.25, -0.2) is 13.8 Å². The fourth-order valence-electron chi connectivity index (χ4n) is 1.96. The molecule has 1 heterocycles. The molecular weight excluding hydrogens is 303 g/mol. The molecule has 2 rings (SSSR count). The van der Waals surface area contributed by atoms with Crippen LogP contribution in [0.2, 0.25) is 0 Å². The van der Waals surface area contributed by atoms with Gasteiger partial charge in [-0.05, 0) is 12.1 Å². The summed E-state index contributed by atoms with van der Waals surface area (Å²) in [5.41, 5.74) is -0.138. The van der Waals surface area contributed by atoms with Crippen molar-refractivity contribution in [1.82, 2.24) is 9.55 Å². The number of hydrogen-bond acceptors (Lipinski definition) is 1. The average molecular weight is 313 g/mol. The van der Waals surface area contributed by atoms with Gasteiger partial charge in [-0.2, -0.15) is 13.2 Å². The molecule has 0 radical (unpaired) electrons. The first-order valence-electron chi connectivity index (χ1n) is 5.79. The summed E-state index contributed by atoms with van der Waals surface area (Å²) >= 11 is 5.55. The first-order valence-corrected chi connectivity index (χ1v) is 6.33. The van der Waals surface area contributed by atoms with Crippen LogP contribution in [0.1, 0.15) is 12.2 Å². The number of aromatic nitrogens is 2. The zero-order valence-electron chi connectivity index (χ0n) is 10.1. The van der Waals surface area contributed by atoms with E-state index in [0.717, 1.165) is 10.6 Å². The highest BCUT2D eigenvalue weighted by Gasteiger charge is 2.28. The Morgan fingerprint density at radius 1 is 1.20 bits per heavy atom. The highest BCUT2D eigenvalue weighted by atomic mass is 35.5. The van der Waals surface area contributed by atoms with Gasteiger partial charge in [0.25, 0.3) is 0 Å². The van der Waals surface area contributed by atoms with Crippen molar-refractivity contribution in [3.05, 3.63) is 29.6 Å². The molecule has 8 heteroatoms. The number of rotatable bonds is 4. The Morgan fingerprint density at radius 2 is 1.90 bits per heavy atom. The van der Waals surface area contributed by atoms with Crippen molar-refractivity contribution in [2.75, 3.05) is 5.88 Å². The summed E-state index contributed by atoms with van der Waals surface area (Å²) in [4.78, 5) is 4.01. The molecule has 0 N–H and O–H groups in total. The van der Waals surface area contributed by atoms with E-state index in [1.54, 1.807) is 0 Å². The maximum absolute atomic E-state index is 13.8. The number of hydrogen-bond donors (Lipinski definition) is 0. The van der Waals surface area contributed by atoms with Crippen LogP contribution >= 0.6 is 11.6 Å². The Morgan fingerprint density at radius 3 is 2.50 bits per heavy atom. The first kappa shape index (κ1) is 15.0. The molecule has 20 heavy (non-hydrogen) atoms.